The fourth-order valence-electron chi connectivity index (χ4n) is 3.84. The maximum Gasteiger partial charge on any atom is 0.243 e. The molecule has 128 valence electrons. The quantitative estimate of drug-likeness (QED) is 0.824. The molecule has 2 aliphatic rings. The topological polar surface area (TPSA) is 71.5 Å². The minimum atomic E-state index is -3.74. The maximum absolute atomic E-state index is 13.3. The molecule has 2 heterocycles. The maximum atomic E-state index is 13.3. The normalized spacial score (nSPS) is 28.9. The third kappa shape index (κ3) is 2.92. The second-order valence-electron chi connectivity index (χ2n) is 6.55. The van der Waals surface area contributed by atoms with Crippen LogP contribution in [0.15, 0.2) is 23.1 Å². The summed E-state index contributed by atoms with van der Waals surface area (Å²) in [4.78, 5) is 0.105. The average molecular weight is 361 g/mol. The summed E-state index contributed by atoms with van der Waals surface area (Å²) >= 11 is 0. The molecule has 0 saturated carbocycles. The van der Waals surface area contributed by atoms with Gasteiger partial charge in [-0.1, -0.05) is 0 Å². The van der Waals surface area contributed by atoms with Crippen molar-refractivity contribution in [2.45, 2.75) is 54.8 Å². The number of nitrogens with zero attached hydrogens (tertiary/aromatic N) is 1. The van der Waals surface area contributed by atoms with Gasteiger partial charge in [0.1, 0.15) is 15.7 Å². The van der Waals surface area contributed by atoms with E-state index in [2.05, 4.69) is 0 Å². The molecule has 0 aliphatic carbocycles. The number of hydrogen-bond donors (Lipinski definition) is 0. The number of sulfone groups is 1. The molecule has 2 atom stereocenters. The van der Waals surface area contributed by atoms with E-state index in [-0.39, 0.29) is 17.0 Å². The van der Waals surface area contributed by atoms with Gasteiger partial charge in [-0.15, -0.1) is 0 Å². The number of fused-ring (bicyclic) bond motifs is 2. The Labute approximate surface area is 136 Å². The summed E-state index contributed by atoms with van der Waals surface area (Å²) in [7, 11) is -6.91. The van der Waals surface area contributed by atoms with Crippen LogP contribution in [0.3, 0.4) is 0 Å². The lowest BCUT2D eigenvalue weighted by molar-refractivity contribution is 0.249. The van der Waals surface area contributed by atoms with E-state index in [1.54, 1.807) is 6.92 Å². The molecule has 0 radical (unpaired) electrons. The van der Waals surface area contributed by atoms with Crippen LogP contribution in [0.1, 0.15) is 31.2 Å². The standard InChI is InChI=1S/C15H20FNO4S2/c1-10-7-11(16)3-6-15(10)23(20,21)17-12-4-5-13(17)9-14(8-12)22(2,18)19/h3,6-7,12-14H,4-5,8-9H2,1-2H3. The molecule has 0 spiro atoms. The lowest BCUT2D eigenvalue weighted by Gasteiger charge is -2.37. The SMILES string of the molecule is Cc1cc(F)ccc1S(=O)(=O)N1C2CCC1CC(S(C)(=O)=O)C2. The molecule has 5 nitrogen and oxygen atoms in total. The predicted molar refractivity (Wildman–Crippen MR) is 84.8 cm³/mol. The van der Waals surface area contributed by atoms with E-state index < -0.39 is 30.9 Å². The molecule has 2 fully saturated rings. The molecule has 2 unspecified atom stereocenters. The zero-order valence-corrected chi connectivity index (χ0v) is 14.7. The van der Waals surface area contributed by atoms with Gasteiger partial charge < -0.3 is 0 Å². The van der Waals surface area contributed by atoms with Gasteiger partial charge in [0, 0.05) is 18.3 Å². The summed E-state index contributed by atoms with van der Waals surface area (Å²) in [5.41, 5.74) is 0.370. The third-order valence-electron chi connectivity index (χ3n) is 4.92. The number of halogens is 1. The Hall–Kier alpha value is -0.990. The van der Waals surface area contributed by atoms with Crippen LogP contribution in [0.4, 0.5) is 4.39 Å². The van der Waals surface area contributed by atoms with E-state index in [9.17, 15) is 21.2 Å². The smallest absolute Gasteiger partial charge is 0.229 e. The molecule has 0 aromatic heterocycles. The number of sulfonamides is 1. The molecule has 2 bridgehead atoms. The number of aryl methyl sites for hydroxylation is 1. The molecular formula is C15H20FNO4S2. The van der Waals surface area contributed by atoms with E-state index in [1.165, 1.54) is 22.7 Å². The fourth-order valence-corrected chi connectivity index (χ4v) is 7.09. The first-order valence-electron chi connectivity index (χ1n) is 7.59. The van der Waals surface area contributed by atoms with E-state index >= 15 is 0 Å². The van der Waals surface area contributed by atoms with Crippen molar-refractivity contribution in [2.24, 2.45) is 0 Å². The molecule has 8 heteroatoms. The van der Waals surface area contributed by atoms with Gasteiger partial charge in [-0.3, -0.25) is 0 Å². The van der Waals surface area contributed by atoms with Crippen molar-refractivity contribution in [3.05, 3.63) is 29.6 Å². The van der Waals surface area contributed by atoms with Crippen LogP contribution in [-0.4, -0.2) is 44.7 Å². The van der Waals surface area contributed by atoms with Gasteiger partial charge in [-0.2, -0.15) is 4.31 Å². The Kier molecular flexibility index (Phi) is 4.05. The molecule has 3 rings (SSSR count). The van der Waals surface area contributed by atoms with Crippen molar-refractivity contribution >= 4 is 19.9 Å². The van der Waals surface area contributed by atoms with Crippen LogP contribution in [0, 0.1) is 12.7 Å². The minimum absolute atomic E-state index is 0.105. The van der Waals surface area contributed by atoms with Crippen molar-refractivity contribution in [1.29, 1.82) is 0 Å². The number of piperidine rings is 1. The number of rotatable bonds is 3. The summed E-state index contributed by atoms with van der Waals surface area (Å²) in [6.07, 6.45) is 3.25. The first kappa shape index (κ1) is 16.9. The highest BCUT2D eigenvalue weighted by Crippen LogP contribution is 2.41. The van der Waals surface area contributed by atoms with Gasteiger partial charge in [0.2, 0.25) is 10.0 Å². The largest absolute Gasteiger partial charge is 0.243 e. The lowest BCUT2D eigenvalue weighted by Crippen LogP contribution is -2.49. The predicted octanol–water partition coefficient (Wildman–Crippen LogP) is 1.86. The van der Waals surface area contributed by atoms with E-state index in [0.29, 0.717) is 31.2 Å². The monoisotopic (exact) mass is 361 g/mol. The van der Waals surface area contributed by atoms with E-state index in [4.69, 9.17) is 0 Å². The van der Waals surface area contributed by atoms with Crippen LogP contribution < -0.4 is 0 Å². The molecule has 1 aromatic carbocycles. The summed E-state index contributed by atoms with van der Waals surface area (Å²) < 4.78 is 64.3. The first-order chi connectivity index (χ1) is 10.6. The molecule has 0 N–H and O–H groups in total. The number of benzene rings is 1. The fraction of sp³-hybridized carbons (Fsp3) is 0.600. The van der Waals surface area contributed by atoms with Crippen LogP contribution in [0.5, 0.6) is 0 Å². The van der Waals surface area contributed by atoms with E-state index in [0.717, 1.165) is 6.07 Å². The molecule has 2 aliphatic heterocycles. The van der Waals surface area contributed by atoms with Crippen LogP contribution >= 0.6 is 0 Å². The lowest BCUT2D eigenvalue weighted by atomic mass is 10.1. The van der Waals surface area contributed by atoms with Crippen molar-refractivity contribution in [3.8, 4) is 0 Å². The zero-order valence-electron chi connectivity index (χ0n) is 13.1. The highest BCUT2D eigenvalue weighted by Gasteiger charge is 2.49. The van der Waals surface area contributed by atoms with Crippen molar-refractivity contribution in [1.82, 2.24) is 4.31 Å². The van der Waals surface area contributed by atoms with Gasteiger partial charge in [0.05, 0.1) is 10.1 Å². The van der Waals surface area contributed by atoms with Gasteiger partial charge in [0.25, 0.3) is 0 Å². The minimum Gasteiger partial charge on any atom is -0.229 e. The van der Waals surface area contributed by atoms with Crippen molar-refractivity contribution in [2.75, 3.05) is 6.26 Å². The second kappa shape index (κ2) is 5.53. The molecular weight excluding hydrogens is 341 g/mol. The van der Waals surface area contributed by atoms with Crippen LogP contribution in [-0.2, 0) is 19.9 Å². The highest BCUT2D eigenvalue weighted by molar-refractivity contribution is 7.91. The van der Waals surface area contributed by atoms with Crippen LogP contribution in [0.25, 0.3) is 0 Å². The zero-order chi connectivity index (χ0) is 17.0. The van der Waals surface area contributed by atoms with Gasteiger partial charge in [-0.25, -0.2) is 21.2 Å². The molecule has 1 aromatic rings. The van der Waals surface area contributed by atoms with E-state index in [1.807, 2.05) is 0 Å². The highest BCUT2D eigenvalue weighted by atomic mass is 32.2. The Morgan fingerprint density at radius 3 is 2.13 bits per heavy atom. The Morgan fingerprint density at radius 2 is 1.65 bits per heavy atom. The summed E-state index contributed by atoms with van der Waals surface area (Å²) in [6, 6.07) is 3.07. The van der Waals surface area contributed by atoms with Gasteiger partial charge in [0.15, 0.2) is 0 Å². The Balaban J connectivity index is 1.96. The average Bonchev–Trinajstić information content (AvgIpc) is 2.69. The first-order valence-corrected chi connectivity index (χ1v) is 11.0. The Morgan fingerprint density at radius 1 is 1.09 bits per heavy atom. The summed E-state index contributed by atoms with van der Waals surface area (Å²) in [6.45, 7) is 1.57. The molecule has 23 heavy (non-hydrogen) atoms. The molecule has 0 amide bonds. The van der Waals surface area contributed by atoms with Crippen molar-refractivity contribution in [3.63, 3.8) is 0 Å². The Bertz CT molecular complexity index is 821. The molecule has 2 saturated heterocycles. The third-order valence-corrected chi connectivity index (χ3v) is 8.68. The summed E-state index contributed by atoms with van der Waals surface area (Å²) in [5.74, 6) is -0.472. The van der Waals surface area contributed by atoms with Gasteiger partial charge >= 0.3 is 0 Å². The van der Waals surface area contributed by atoms with Gasteiger partial charge in [-0.05, 0) is 56.4 Å². The second-order valence-corrected chi connectivity index (χ2v) is 10.7. The van der Waals surface area contributed by atoms with Crippen LogP contribution in [0.2, 0.25) is 0 Å². The number of hydrogen-bond acceptors (Lipinski definition) is 4. The van der Waals surface area contributed by atoms with Crippen molar-refractivity contribution < 1.29 is 21.2 Å². The summed E-state index contributed by atoms with van der Waals surface area (Å²) in [5, 5.41) is -0.472.